The number of amides is 4. The number of hydrogen-bond donors (Lipinski definition) is 7. The largest absolute Gasteiger partial charge is 0.508 e. The van der Waals surface area contributed by atoms with Gasteiger partial charge in [-0.1, -0.05) is 84.0 Å². The maximum absolute atomic E-state index is 13.6. The lowest BCUT2D eigenvalue weighted by atomic mass is 9.98. The van der Waals surface area contributed by atoms with Crippen LogP contribution < -0.4 is 27.0 Å². The number of rotatable bonds is 17. The Labute approximate surface area is 270 Å². The van der Waals surface area contributed by atoms with E-state index < -0.39 is 65.7 Å². The summed E-state index contributed by atoms with van der Waals surface area (Å²) >= 11 is 0. The summed E-state index contributed by atoms with van der Waals surface area (Å²) in [5.74, 6) is -4.29. The number of benzene rings is 2. The van der Waals surface area contributed by atoms with Crippen molar-refractivity contribution in [1.82, 2.24) is 21.3 Å². The highest BCUT2D eigenvalue weighted by molar-refractivity contribution is 5.95. The fourth-order valence-electron chi connectivity index (χ4n) is 4.84. The molecule has 2 aromatic rings. The van der Waals surface area contributed by atoms with Crippen LogP contribution in [0.5, 0.6) is 5.75 Å². The third kappa shape index (κ3) is 12.2. The first-order chi connectivity index (χ1) is 21.6. The highest BCUT2D eigenvalue weighted by Gasteiger charge is 2.34. The fraction of sp³-hybridized carbons (Fsp3) is 0.500. The molecule has 0 saturated carbocycles. The molecular formula is C34H49N5O7. The summed E-state index contributed by atoms with van der Waals surface area (Å²) in [5.41, 5.74) is 7.59. The van der Waals surface area contributed by atoms with Crippen LogP contribution >= 0.6 is 0 Å². The first-order valence-corrected chi connectivity index (χ1v) is 15.6. The van der Waals surface area contributed by atoms with Crippen molar-refractivity contribution < 1.29 is 34.2 Å². The number of carboxylic acid groups (broad SMARTS) is 1. The number of hydrogen-bond acceptors (Lipinski definition) is 7. The third-order valence-electron chi connectivity index (χ3n) is 7.46. The maximum atomic E-state index is 13.6. The summed E-state index contributed by atoms with van der Waals surface area (Å²) in [6.45, 7) is 10.6. The molecule has 12 heteroatoms. The Morgan fingerprint density at radius 2 is 1.11 bits per heavy atom. The zero-order chi connectivity index (χ0) is 34.6. The van der Waals surface area contributed by atoms with Gasteiger partial charge in [-0.3, -0.25) is 19.2 Å². The van der Waals surface area contributed by atoms with Crippen molar-refractivity contribution in [2.24, 2.45) is 23.5 Å². The average molecular weight is 640 g/mol. The molecule has 0 spiro atoms. The Bertz CT molecular complexity index is 1310. The zero-order valence-corrected chi connectivity index (χ0v) is 27.4. The monoisotopic (exact) mass is 639 g/mol. The number of carbonyl (C=O) groups is 5. The molecule has 8 N–H and O–H groups in total. The summed E-state index contributed by atoms with van der Waals surface area (Å²) in [4.78, 5) is 65.3. The van der Waals surface area contributed by atoms with Crippen LogP contribution in [0.3, 0.4) is 0 Å². The molecule has 0 bridgehead atoms. The van der Waals surface area contributed by atoms with Crippen LogP contribution in [0.1, 0.15) is 59.1 Å². The lowest BCUT2D eigenvalue weighted by molar-refractivity contribution is -0.142. The SMILES string of the molecule is CC(C)C[C@H](NC(=O)[C@H](Cc1ccccc1)NC(=O)[C@@H](NC(=O)[C@@H](NC(=O)[C@@H](N)Cc1ccc(O)cc1)C(C)C)C(C)C)C(=O)O. The number of nitrogens with two attached hydrogens (primary N) is 1. The van der Waals surface area contributed by atoms with Gasteiger partial charge in [0.1, 0.15) is 29.9 Å². The van der Waals surface area contributed by atoms with E-state index in [0.717, 1.165) is 11.1 Å². The molecular weight excluding hydrogens is 590 g/mol. The molecule has 0 aliphatic carbocycles. The lowest BCUT2D eigenvalue weighted by Gasteiger charge is -2.29. The second-order valence-electron chi connectivity index (χ2n) is 12.7. The fourth-order valence-corrected chi connectivity index (χ4v) is 4.84. The topological polar surface area (TPSA) is 200 Å². The van der Waals surface area contributed by atoms with E-state index in [1.807, 2.05) is 19.9 Å². The van der Waals surface area contributed by atoms with Crippen LogP contribution in [0.25, 0.3) is 0 Å². The van der Waals surface area contributed by atoms with Crippen molar-refractivity contribution in [1.29, 1.82) is 0 Å². The van der Waals surface area contributed by atoms with Crippen molar-refractivity contribution in [3.05, 3.63) is 65.7 Å². The average Bonchev–Trinajstić information content (AvgIpc) is 2.98. The molecule has 4 amide bonds. The van der Waals surface area contributed by atoms with E-state index in [1.165, 1.54) is 12.1 Å². The molecule has 2 rings (SSSR count). The van der Waals surface area contributed by atoms with Crippen molar-refractivity contribution in [3.8, 4) is 5.75 Å². The summed E-state index contributed by atoms with van der Waals surface area (Å²) in [5, 5.41) is 29.9. The van der Waals surface area contributed by atoms with E-state index in [4.69, 9.17) is 5.73 Å². The van der Waals surface area contributed by atoms with Crippen molar-refractivity contribution in [3.63, 3.8) is 0 Å². The van der Waals surface area contributed by atoms with Gasteiger partial charge in [-0.15, -0.1) is 0 Å². The molecule has 0 fully saturated rings. The number of phenols is 1. The first kappa shape index (κ1) is 37.7. The summed E-state index contributed by atoms with van der Waals surface area (Å²) < 4.78 is 0. The first-order valence-electron chi connectivity index (χ1n) is 15.6. The molecule has 0 aromatic heterocycles. The van der Waals surface area contributed by atoms with Crippen LogP contribution in [0, 0.1) is 17.8 Å². The van der Waals surface area contributed by atoms with Gasteiger partial charge in [-0.05, 0) is 53.9 Å². The number of carbonyl (C=O) groups excluding carboxylic acids is 4. The van der Waals surface area contributed by atoms with Crippen molar-refractivity contribution in [2.75, 3.05) is 0 Å². The summed E-state index contributed by atoms with van der Waals surface area (Å²) in [6.07, 6.45) is 0.480. The Morgan fingerprint density at radius 1 is 0.630 bits per heavy atom. The molecule has 0 aliphatic heterocycles. The minimum absolute atomic E-state index is 0.000789. The molecule has 0 saturated heterocycles. The van der Waals surface area contributed by atoms with Crippen LogP contribution in [0.4, 0.5) is 0 Å². The molecule has 2 aromatic carbocycles. The second kappa shape index (κ2) is 17.9. The van der Waals surface area contributed by atoms with Gasteiger partial charge in [0.05, 0.1) is 6.04 Å². The minimum Gasteiger partial charge on any atom is -0.508 e. The quantitative estimate of drug-likeness (QED) is 0.136. The molecule has 12 nitrogen and oxygen atoms in total. The Hall–Kier alpha value is -4.45. The maximum Gasteiger partial charge on any atom is 0.326 e. The smallest absolute Gasteiger partial charge is 0.326 e. The highest BCUT2D eigenvalue weighted by Crippen LogP contribution is 2.13. The number of nitrogens with one attached hydrogen (secondary N) is 4. The number of aliphatic carboxylic acids is 1. The minimum atomic E-state index is -1.18. The van der Waals surface area contributed by atoms with Gasteiger partial charge in [0, 0.05) is 6.42 Å². The van der Waals surface area contributed by atoms with E-state index in [0.29, 0.717) is 0 Å². The van der Waals surface area contributed by atoms with E-state index >= 15 is 0 Å². The standard InChI is InChI=1S/C34H49N5O7/c1-19(2)16-27(34(45)46)37-31(42)26(18-22-10-8-7-9-11-22)36-32(43)28(20(3)4)39-33(44)29(21(5)6)38-30(41)25(35)17-23-12-14-24(40)15-13-23/h7-15,19-21,25-29,40H,16-18,35H2,1-6H3,(H,36,43)(H,37,42)(H,38,41)(H,39,44)(H,45,46)/t25-,26-,27-,28-,29-/m0/s1. The predicted molar refractivity (Wildman–Crippen MR) is 174 cm³/mol. The van der Waals surface area contributed by atoms with Gasteiger partial charge >= 0.3 is 5.97 Å². The Morgan fingerprint density at radius 3 is 1.61 bits per heavy atom. The molecule has 252 valence electrons. The molecule has 0 radical (unpaired) electrons. The van der Waals surface area contributed by atoms with Crippen molar-refractivity contribution >= 4 is 29.6 Å². The molecule has 0 unspecified atom stereocenters. The number of aromatic hydroxyl groups is 1. The Balaban J connectivity index is 2.20. The molecule has 5 atom stereocenters. The number of carboxylic acids is 1. The molecule has 0 aliphatic rings. The van der Waals surface area contributed by atoms with Gasteiger partial charge in [0.25, 0.3) is 0 Å². The third-order valence-corrected chi connectivity index (χ3v) is 7.46. The van der Waals surface area contributed by atoms with Crippen molar-refractivity contribution in [2.45, 2.75) is 91.0 Å². The van der Waals surface area contributed by atoms with Crippen LogP contribution in [-0.2, 0) is 36.8 Å². The lowest BCUT2D eigenvalue weighted by Crippen LogP contribution is -2.60. The predicted octanol–water partition coefficient (Wildman–Crippen LogP) is 1.89. The van der Waals surface area contributed by atoms with E-state index in [2.05, 4.69) is 21.3 Å². The molecule has 0 heterocycles. The summed E-state index contributed by atoms with van der Waals surface area (Å²) in [7, 11) is 0. The van der Waals surface area contributed by atoms with Crippen LogP contribution in [0.15, 0.2) is 54.6 Å². The van der Waals surface area contributed by atoms with E-state index in [-0.39, 0.29) is 36.8 Å². The van der Waals surface area contributed by atoms with E-state index in [9.17, 15) is 34.2 Å². The van der Waals surface area contributed by atoms with Crippen LogP contribution in [-0.4, -0.2) is 70.0 Å². The summed E-state index contributed by atoms with van der Waals surface area (Å²) in [6, 6.07) is 9.95. The van der Waals surface area contributed by atoms with Gasteiger partial charge < -0.3 is 37.2 Å². The Kier molecular flexibility index (Phi) is 14.7. The molecule has 46 heavy (non-hydrogen) atoms. The van der Waals surface area contributed by atoms with Gasteiger partial charge in [0.15, 0.2) is 0 Å². The van der Waals surface area contributed by atoms with Gasteiger partial charge in [0.2, 0.25) is 23.6 Å². The van der Waals surface area contributed by atoms with E-state index in [1.54, 1.807) is 64.1 Å². The van der Waals surface area contributed by atoms with Gasteiger partial charge in [-0.2, -0.15) is 0 Å². The van der Waals surface area contributed by atoms with Gasteiger partial charge in [-0.25, -0.2) is 4.79 Å². The van der Waals surface area contributed by atoms with Crippen LogP contribution in [0.2, 0.25) is 0 Å². The normalized spacial score (nSPS) is 14.6. The second-order valence-corrected chi connectivity index (χ2v) is 12.7. The number of phenolic OH excluding ortho intramolecular Hbond substituents is 1. The highest BCUT2D eigenvalue weighted by atomic mass is 16.4. The zero-order valence-electron chi connectivity index (χ0n) is 27.4.